The number of aliphatic hydroxyl groups is 1. The molecule has 0 radical (unpaired) electrons. The minimum Gasteiger partial charge on any atom is -0.393 e. The highest BCUT2D eigenvalue weighted by molar-refractivity contribution is 5.89. The molecule has 5 nitrogen and oxygen atoms in total. The van der Waals surface area contributed by atoms with Crippen molar-refractivity contribution in [3.05, 3.63) is 29.8 Å². The van der Waals surface area contributed by atoms with Crippen LogP contribution in [0.1, 0.15) is 31.2 Å². The Bertz CT molecular complexity index is 496. The predicted octanol–water partition coefficient (Wildman–Crippen LogP) is 1.98. The number of nitriles is 1. The zero-order valence-corrected chi connectivity index (χ0v) is 10.6. The van der Waals surface area contributed by atoms with Crippen LogP contribution in [0.15, 0.2) is 24.3 Å². The van der Waals surface area contributed by atoms with Gasteiger partial charge in [-0.25, -0.2) is 4.79 Å². The van der Waals surface area contributed by atoms with Crippen molar-refractivity contribution in [2.24, 2.45) is 0 Å². The van der Waals surface area contributed by atoms with Gasteiger partial charge in [-0.3, -0.25) is 0 Å². The van der Waals surface area contributed by atoms with E-state index in [2.05, 4.69) is 10.6 Å². The molecule has 1 aromatic rings. The van der Waals surface area contributed by atoms with E-state index >= 15 is 0 Å². The number of hydrogen-bond acceptors (Lipinski definition) is 3. The molecule has 0 aliphatic heterocycles. The fraction of sp³-hybridized carbons (Fsp3) is 0.429. The summed E-state index contributed by atoms with van der Waals surface area (Å²) < 4.78 is 0. The van der Waals surface area contributed by atoms with Gasteiger partial charge in [0.25, 0.3) is 0 Å². The first-order chi connectivity index (χ1) is 9.17. The van der Waals surface area contributed by atoms with Gasteiger partial charge in [0.15, 0.2) is 0 Å². The Kier molecular flexibility index (Phi) is 4.37. The second-order valence-corrected chi connectivity index (χ2v) is 4.81. The highest BCUT2D eigenvalue weighted by Gasteiger charge is 2.21. The number of amides is 2. The smallest absolute Gasteiger partial charge is 0.319 e. The van der Waals surface area contributed by atoms with Gasteiger partial charge in [-0.05, 0) is 43.9 Å². The van der Waals surface area contributed by atoms with Crippen molar-refractivity contribution in [2.45, 2.75) is 37.8 Å². The number of hydrogen-bond donors (Lipinski definition) is 3. The minimum atomic E-state index is -0.319. The molecule has 19 heavy (non-hydrogen) atoms. The number of aliphatic hydroxyl groups excluding tert-OH is 1. The molecule has 2 rings (SSSR count). The van der Waals surface area contributed by atoms with E-state index in [1.807, 2.05) is 6.07 Å². The Morgan fingerprint density at radius 2 is 2.26 bits per heavy atom. The zero-order valence-electron chi connectivity index (χ0n) is 10.6. The molecule has 1 aliphatic carbocycles. The summed E-state index contributed by atoms with van der Waals surface area (Å²) in [7, 11) is 0. The molecule has 0 heterocycles. The van der Waals surface area contributed by atoms with Gasteiger partial charge in [0.1, 0.15) is 0 Å². The Hall–Kier alpha value is -2.06. The first-order valence-corrected chi connectivity index (χ1v) is 6.43. The number of nitrogens with one attached hydrogen (secondary N) is 2. The number of benzene rings is 1. The predicted molar refractivity (Wildman–Crippen MR) is 71.6 cm³/mol. The maximum absolute atomic E-state index is 11.8. The molecular weight excluding hydrogens is 242 g/mol. The third kappa shape index (κ3) is 3.97. The second kappa shape index (κ2) is 6.21. The lowest BCUT2D eigenvalue weighted by Gasteiger charge is -2.26. The summed E-state index contributed by atoms with van der Waals surface area (Å²) in [4.78, 5) is 11.8. The van der Waals surface area contributed by atoms with Gasteiger partial charge < -0.3 is 15.7 Å². The Morgan fingerprint density at radius 1 is 1.42 bits per heavy atom. The number of carbonyl (C=O) groups is 1. The summed E-state index contributed by atoms with van der Waals surface area (Å²) in [5.74, 6) is 0. The monoisotopic (exact) mass is 259 g/mol. The van der Waals surface area contributed by atoms with E-state index in [1.54, 1.807) is 24.3 Å². The Labute approximate surface area is 112 Å². The van der Waals surface area contributed by atoms with Crippen LogP contribution in [-0.4, -0.2) is 23.3 Å². The van der Waals surface area contributed by atoms with E-state index in [9.17, 15) is 9.90 Å². The molecule has 1 saturated carbocycles. The van der Waals surface area contributed by atoms with Gasteiger partial charge in [0.05, 0.1) is 17.7 Å². The molecule has 2 amide bonds. The van der Waals surface area contributed by atoms with E-state index in [4.69, 9.17) is 5.26 Å². The molecule has 2 unspecified atom stereocenters. The molecule has 5 heteroatoms. The van der Waals surface area contributed by atoms with E-state index < -0.39 is 0 Å². The third-order valence-corrected chi connectivity index (χ3v) is 3.23. The van der Waals surface area contributed by atoms with Crippen LogP contribution in [-0.2, 0) is 0 Å². The van der Waals surface area contributed by atoms with Gasteiger partial charge in [-0.15, -0.1) is 0 Å². The number of nitrogens with zero attached hydrogens (tertiary/aromatic N) is 1. The van der Waals surface area contributed by atoms with Crippen LogP contribution in [0.4, 0.5) is 10.5 Å². The second-order valence-electron chi connectivity index (χ2n) is 4.81. The zero-order chi connectivity index (χ0) is 13.7. The van der Waals surface area contributed by atoms with Crippen molar-refractivity contribution < 1.29 is 9.90 Å². The van der Waals surface area contributed by atoms with Gasteiger partial charge in [-0.2, -0.15) is 5.26 Å². The lowest BCUT2D eigenvalue weighted by Crippen LogP contribution is -2.41. The molecule has 2 atom stereocenters. The molecule has 0 saturated heterocycles. The number of urea groups is 1. The Balaban J connectivity index is 1.88. The summed E-state index contributed by atoms with van der Waals surface area (Å²) in [5, 5.41) is 23.9. The van der Waals surface area contributed by atoms with E-state index in [0.29, 0.717) is 17.7 Å². The first kappa shape index (κ1) is 13.4. The molecule has 0 spiro atoms. The molecule has 1 fully saturated rings. The van der Waals surface area contributed by atoms with Crippen LogP contribution in [0.25, 0.3) is 0 Å². The van der Waals surface area contributed by atoms with E-state index in [1.165, 1.54) is 0 Å². The van der Waals surface area contributed by atoms with Crippen molar-refractivity contribution in [3.63, 3.8) is 0 Å². The summed E-state index contributed by atoms with van der Waals surface area (Å²) in [5.41, 5.74) is 1.10. The number of carbonyl (C=O) groups excluding carboxylic acids is 1. The maximum Gasteiger partial charge on any atom is 0.319 e. The van der Waals surface area contributed by atoms with Crippen molar-refractivity contribution in [1.29, 1.82) is 5.26 Å². The van der Waals surface area contributed by atoms with Gasteiger partial charge in [0, 0.05) is 11.7 Å². The minimum absolute atomic E-state index is 0.0166. The maximum atomic E-state index is 11.8. The number of anilines is 1. The topological polar surface area (TPSA) is 85.2 Å². The van der Waals surface area contributed by atoms with Gasteiger partial charge in [0.2, 0.25) is 0 Å². The molecule has 1 aromatic carbocycles. The summed E-state index contributed by atoms with van der Waals surface area (Å²) >= 11 is 0. The highest BCUT2D eigenvalue weighted by Crippen LogP contribution is 2.18. The average molecular weight is 259 g/mol. The molecule has 100 valence electrons. The molecule has 0 aromatic heterocycles. The van der Waals surface area contributed by atoms with E-state index in [-0.39, 0.29) is 18.2 Å². The van der Waals surface area contributed by atoms with Crippen molar-refractivity contribution in [2.75, 3.05) is 5.32 Å². The molecule has 0 bridgehead atoms. The fourth-order valence-corrected chi connectivity index (χ4v) is 2.31. The van der Waals surface area contributed by atoms with Crippen LogP contribution in [0.2, 0.25) is 0 Å². The largest absolute Gasteiger partial charge is 0.393 e. The van der Waals surface area contributed by atoms with Crippen molar-refractivity contribution in [1.82, 2.24) is 5.32 Å². The SMILES string of the molecule is N#Cc1cccc(NC(=O)NC2CCCC(O)C2)c1. The van der Waals surface area contributed by atoms with Crippen molar-refractivity contribution >= 4 is 11.7 Å². The van der Waals surface area contributed by atoms with Crippen LogP contribution in [0, 0.1) is 11.3 Å². The highest BCUT2D eigenvalue weighted by atomic mass is 16.3. The van der Waals surface area contributed by atoms with Gasteiger partial charge in [-0.1, -0.05) is 6.07 Å². The quantitative estimate of drug-likeness (QED) is 0.759. The van der Waals surface area contributed by atoms with Crippen LogP contribution in [0.5, 0.6) is 0 Å². The van der Waals surface area contributed by atoms with Crippen LogP contribution >= 0.6 is 0 Å². The Morgan fingerprint density at radius 3 is 3.00 bits per heavy atom. The molecule has 3 N–H and O–H groups in total. The summed E-state index contributed by atoms with van der Waals surface area (Å²) in [6.07, 6.45) is 2.91. The lowest BCUT2D eigenvalue weighted by atomic mass is 9.93. The van der Waals surface area contributed by atoms with Crippen LogP contribution in [0.3, 0.4) is 0 Å². The first-order valence-electron chi connectivity index (χ1n) is 6.43. The summed E-state index contributed by atoms with van der Waals surface area (Å²) in [6.45, 7) is 0. The average Bonchev–Trinajstić information content (AvgIpc) is 2.38. The lowest BCUT2D eigenvalue weighted by molar-refractivity contribution is 0.114. The van der Waals surface area contributed by atoms with E-state index in [0.717, 1.165) is 19.3 Å². The van der Waals surface area contributed by atoms with Crippen molar-refractivity contribution in [3.8, 4) is 6.07 Å². The van der Waals surface area contributed by atoms with Gasteiger partial charge >= 0.3 is 6.03 Å². The van der Waals surface area contributed by atoms with Crippen LogP contribution < -0.4 is 10.6 Å². The molecular formula is C14H17N3O2. The standard InChI is InChI=1S/C14H17N3O2/c15-9-10-3-1-4-11(7-10)16-14(19)17-12-5-2-6-13(18)8-12/h1,3-4,7,12-13,18H,2,5-6,8H2,(H2,16,17,19). The fourth-order valence-electron chi connectivity index (χ4n) is 2.31. The normalized spacial score (nSPS) is 22.3. The summed E-state index contributed by atoms with van der Waals surface area (Å²) in [6, 6.07) is 8.50. The number of rotatable bonds is 2. The molecule has 1 aliphatic rings. The third-order valence-electron chi connectivity index (χ3n) is 3.23.